The van der Waals surface area contributed by atoms with Crippen LogP contribution in [0, 0.1) is 6.92 Å². The number of carbonyl (C=O) groups excluding carboxylic acids is 2. The third kappa shape index (κ3) is 2.25. The number of aryl methyl sites for hydroxylation is 1. The summed E-state index contributed by atoms with van der Waals surface area (Å²) in [6, 6.07) is 7.11. The van der Waals surface area contributed by atoms with Crippen molar-refractivity contribution in [2.24, 2.45) is 5.73 Å². The fourth-order valence-electron chi connectivity index (χ4n) is 3.68. The number of methoxy groups -OCH3 is 1. The fourth-order valence-corrected chi connectivity index (χ4v) is 3.68. The number of hydrogen-bond acceptors (Lipinski definition) is 7. The molecule has 0 saturated carbocycles. The topological polar surface area (TPSA) is 129 Å². The van der Waals surface area contributed by atoms with Crippen molar-refractivity contribution < 1.29 is 23.8 Å². The van der Waals surface area contributed by atoms with E-state index in [1.165, 1.54) is 7.11 Å². The molecule has 140 valence electrons. The van der Waals surface area contributed by atoms with Crippen LogP contribution in [0.3, 0.4) is 0 Å². The highest BCUT2D eigenvalue weighted by Crippen LogP contribution is 2.53. The van der Waals surface area contributed by atoms with E-state index in [9.17, 15) is 9.59 Å². The number of nitrogens with zero attached hydrogens (tertiary/aromatic N) is 1. The van der Waals surface area contributed by atoms with Gasteiger partial charge >= 0.3 is 5.97 Å². The highest BCUT2D eigenvalue weighted by atomic mass is 16.6. The quantitative estimate of drug-likeness (QED) is 0.534. The maximum Gasteiger partial charge on any atom is 0.341 e. The number of hydrogen-bond donors (Lipinski definition) is 3. The second kappa shape index (κ2) is 6.13. The van der Waals surface area contributed by atoms with Crippen LogP contribution < -0.4 is 15.8 Å². The predicted octanol–water partition coefficient (Wildman–Crippen LogP) is 0.709. The lowest BCUT2D eigenvalue weighted by Crippen LogP contribution is -2.46. The molecule has 27 heavy (non-hydrogen) atoms. The summed E-state index contributed by atoms with van der Waals surface area (Å²) in [5.74, 6) is -1.23. The number of H-pyrrole nitrogens is 1. The molecule has 1 aromatic carbocycles. The first-order chi connectivity index (χ1) is 13.0. The highest BCUT2D eigenvalue weighted by molar-refractivity contribution is 6.17. The number of para-hydroxylation sites is 1. The number of rotatable bonds is 4. The zero-order valence-electron chi connectivity index (χ0n) is 14.8. The Bertz CT molecular complexity index is 980. The Hall–Kier alpha value is -3.33. The molecule has 0 radical (unpaired) electrons. The van der Waals surface area contributed by atoms with Gasteiger partial charge < -0.3 is 25.3 Å². The molecule has 0 saturated heterocycles. The minimum atomic E-state index is -1.50. The standard InChI is InChI=1S/C18H18N4O5/c1-9-12-15(22-21-9)27-14(19)13(16(23)26-8-7-25-2)18(12)10-5-3-4-6-11(10)20-17(18)24/h3-6H,7-8,19H2,1-2H3,(H,20,24)(H,21,22)/t18-/m0/s1. The lowest BCUT2D eigenvalue weighted by atomic mass is 9.68. The Morgan fingerprint density at radius 2 is 2.11 bits per heavy atom. The average Bonchev–Trinajstić information content (AvgIpc) is 3.14. The van der Waals surface area contributed by atoms with Gasteiger partial charge in [-0.05, 0) is 13.0 Å². The Morgan fingerprint density at radius 3 is 2.89 bits per heavy atom. The molecule has 0 aliphatic carbocycles. The van der Waals surface area contributed by atoms with Crippen molar-refractivity contribution in [3.8, 4) is 5.88 Å². The van der Waals surface area contributed by atoms with E-state index >= 15 is 0 Å². The summed E-state index contributed by atoms with van der Waals surface area (Å²) in [4.78, 5) is 26.2. The smallest absolute Gasteiger partial charge is 0.341 e. The van der Waals surface area contributed by atoms with Crippen molar-refractivity contribution in [1.29, 1.82) is 0 Å². The first-order valence-corrected chi connectivity index (χ1v) is 8.32. The molecule has 2 aromatic rings. The molecule has 0 unspecified atom stereocenters. The molecule has 1 spiro atoms. The first kappa shape index (κ1) is 17.1. The van der Waals surface area contributed by atoms with Gasteiger partial charge in [0.1, 0.15) is 17.6 Å². The molecule has 3 heterocycles. The van der Waals surface area contributed by atoms with Crippen LogP contribution in [-0.4, -0.2) is 42.4 Å². The van der Waals surface area contributed by atoms with E-state index in [1.54, 1.807) is 31.2 Å². The van der Waals surface area contributed by atoms with E-state index in [2.05, 4.69) is 15.5 Å². The SMILES string of the molecule is COCCOC(=O)C1=C(N)Oc2n[nH]c(C)c2[C@]12C(=O)Nc1ccccc12. The monoisotopic (exact) mass is 370 g/mol. The zero-order chi connectivity index (χ0) is 19.2. The normalized spacial score (nSPS) is 20.1. The molecule has 4 rings (SSSR count). The van der Waals surface area contributed by atoms with Gasteiger partial charge in [0, 0.05) is 24.1 Å². The Morgan fingerprint density at radius 1 is 1.33 bits per heavy atom. The van der Waals surface area contributed by atoms with Gasteiger partial charge in [-0.2, -0.15) is 0 Å². The molecule has 4 N–H and O–H groups in total. The van der Waals surface area contributed by atoms with Gasteiger partial charge in [-0.15, -0.1) is 5.10 Å². The van der Waals surface area contributed by atoms with Crippen LogP contribution in [-0.2, 0) is 24.5 Å². The van der Waals surface area contributed by atoms with Crippen molar-refractivity contribution >= 4 is 17.6 Å². The average molecular weight is 370 g/mol. The van der Waals surface area contributed by atoms with Crippen LogP contribution in [0.4, 0.5) is 5.69 Å². The van der Waals surface area contributed by atoms with Crippen LogP contribution in [0.25, 0.3) is 0 Å². The highest BCUT2D eigenvalue weighted by Gasteiger charge is 2.60. The largest absolute Gasteiger partial charge is 0.460 e. The minimum absolute atomic E-state index is 0.0166. The van der Waals surface area contributed by atoms with E-state index in [0.29, 0.717) is 22.5 Å². The molecular weight excluding hydrogens is 352 g/mol. The molecule has 9 heteroatoms. The molecule has 9 nitrogen and oxygen atoms in total. The molecule has 2 aliphatic heterocycles. The summed E-state index contributed by atoms with van der Waals surface area (Å²) in [6.07, 6.45) is 0. The number of aromatic amines is 1. The van der Waals surface area contributed by atoms with Crippen molar-refractivity contribution in [3.63, 3.8) is 0 Å². The van der Waals surface area contributed by atoms with Crippen LogP contribution in [0.5, 0.6) is 5.88 Å². The van der Waals surface area contributed by atoms with Gasteiger partial charge in [0.05, 0.1) is 12.2 Å². The number of esters is 1. The molecule has 1 atom stereocenters. The molecule has 0 bridgehead atoms. The van der Waals surface area contributed by atoms with Crippen molar-refractivity contribution in [1.82, 2.24) is 10.2 Å². The van der Waals surface area contributed by atoms with Crippen LogP contribution >= 0.6 is 0 Å². The maximum absolute atomic E-state index is 13.3. The number of aromatic nitrogens is 2. The number of fused-ring (bicyclic) bond motifs is 4. The molecule has 1 aromatic heterocycles. The molecular formula is C18H18N4O5. The number of carbonyl (C=O) groups is 2. The van der Waals surface area contributed by atoms with Crippen LogP contribution in [0.1, 0.15) is 16.8 Å². The lowest BCUT2D eigenvalue weighted by molar-refractivity contribution is -0.142. The Labute approximate surface area is 154 Å². The number of nitrogens with one attached hydrogen (secondary N) is 2. The van der Waals surface area contributed by atoms with E-state index in [1.807, 2.05) is 0 Å². The van der Waals surface area contributed by atoms with Gasteiger partial charge in [-0.1, -0.05) is 18.2 Å². The van der Waals surface area contributed by atoms with Crippen molar-refractivity contribution in [3.05, 3.63) is 52.5 Å². The summed E-state index contributed by atoms with van der Waals surface area (Å²) in [6.45, 7) is 1.98. The minimum Gasteiger partial charge on any atom is -0.460 e. The second-order valence-electron chi connectivity index (χ2n) is 6.25. The van der Waals surface area contributed by atoms with Gasteiger partial charge in [0.2, 0.25) is 17.7 Å². The predicted molar refractivity (Wildman–Crippen MR) is 93.9 cm³/mol. The molecule has 0 fully saturated rings. The van der Waals surface area contributed by atoms with Crippen LogP contribution in [0.2, 0.25) is 0 Å². The van der Waals surface area contributed by atoms with E-state index < -0.39 is 17.3 Å². The molecule has 2 aliphatic rings. The van der Waals surface area contributed by atoms with Crippen molar-refractivity contribution in [2.45, 2.75) is 12.3 Å². The maximum atomic E-state index is 13.3. The summed E-state index contributed by atoms with van der Waals surface area (Å²) >= 11 is 0. The third-order valence-electron chi connectivity index (χ3n) is 4.76. The van der Waals surface area contributed by atoms with Gasteiger partial charge in [-0.25, -0.2) is 4.79 Å². The second-order valence-corrected chi connectivity index (χ2v) is 6.25. The number of benzene rings is 1. The number of ether oxygens (including phenoxy) is 3. The van der Waals surface area contributed by atoms with E-state index in [0.717, 1.165) is 0 Å². The zero-order valence-corrected chi connectivity index (χ0v) is 14.8. The third-order valence-corrected chi connectivity index (χ3v) is 4.76. The van der Waals surface area contributed by atoms with Gasteiger partial charge in [0.15, 0.2) is 0 Å². The van der Waals surface area contributed by atoms with E-state index in [4.69, 9.17) is 19.9 Å². The Balaban J connectivity index is 1.96. The first-order valence-electron chi connectivity index (χ1n) is 8.32. The summed E-state index contributed by atoms with van der Waals surface area (Å²) in [7, 11) is 1.49. The lowest BCUT2D eigenvalue weighted by Gasteiger charge is -2.33. The summed E-state index contributed by atoms with van der Waals surface area (Å²) in [5.41, 5.74) is 6.71. The van der Waals surface area contributed by atoms with E-state index in [-0.39, 0.29) is 30.5 Å². The van der Waals surface area contributed by atoms with Crippen LogP contribution in [0.15, 0.2) is 35.7 Å². The van der Waals surface area contributed by atoms with Crippen molar-refractivity contribution in [2.75, 3.05) is 25.6 Å². The molecule has 1 amide bonds. The van der Waals surface area contributed by atoms with Gasteiger partial charge in [0.25, 0.3) is 0 Å². The van der Waals surface area contributed by atoms with Gasteiger partial charge in [-0.3, -0.25) is 9.89 Å². The fraction of sp³-hybridized carbons (Fsp3) is 0.278. The number of nitrogens with two attached hydrogens (primary N) is 1. The summed E-state index contributed by atoms with van der Waals surface area (Å²) < 4.78 is 15.7. The summed E-state index contributed by atoms with van der Waals surface area (Å²) in [5, 5.41) is 9.72. The number of anilines is 1. The number of amides is 1. The Kier molecular flexibility index (Phi) is 3.88.